The molecule has 7 nitrogen and oxygen atoms in total. The van der Waals surface area contributed by atoms with E-state index in [2.05, 4.69) is 15.2 Å². The fourth-order valence-electron chi connectivity index (χ4n) is 2.58. The van der Waals surface area contributed by atoms with Gasteiger partial charge in [0.05, 0.1) is 0 Å². The van der Waals surface area contributed by atoms with Crippen LogP contribution in [-0.4, -0.2) is 61.1 Å². The number of thiazole rings is 1. The third-order valence-corrected chi connectivity index (χ3v) is 4.86. The molecule has 110 valence electrons. The molecule has 3 rings (SSSR count). The molecule has 0 spiro atoms. The number of nitrogens with zero attached hydrogens (tertiary/aromatic N) is 3. The van der Waals surface area contributed by atoms with E-state index < -0.39 is 0 Å². The first kappa shape index (κ1) is 13.6. The van der Waals surface area contributed by atoms with Crippen LogP contribution in [0.5, 0.6) is 0 Å². The van der Waals surface area contributed by atoms with Crippen LogP contribution in [0.3, 0.4) is 0 Å². The fourth-order valence-corrected chi connectivity index (χ4v) is 3.59. The van der Waals surface area contributed by atoms with Gasteiger partial charge >= 0.3 is 0 Å². The van der Waals surface area contributed by atoms with Crippen molar-refractivity contribution in [1.82, 2.24) is 15.2 Å². The number of likely N-dealkylation sites (tertiary alicyclic amines) is 1. The predicted octanol–water partition coefficient (Wildman–Crippen LogP) is -0.692. The van der Waals surface area contributed by atoms with Crippen LogP contribution >= 0.6 is 11.3 Å². The van der Waals surface area contributed by atoms with Crippen LogP contribution in [0.1, 0.15) is 16.1 Å². The number of carbonyl (C=O) groups excluding carboxylic acids is 1. The molecule has 2 aliphatic rings. The molecule has 1 aromatic heterocycles. The number of anilines is 2. The number of rotatable bonds is 2. The minimum atomic E-state index is -0.0330. The Morgan fingerprint density at radius 1 is 1.35 bits per heavy atom. The van der Waals surface area contributed by atoms with Gasteiger partial charge in [0.1, 0.15) is 10.7 Å². The van der Waals surface area contributed by atoms with Crippen molar-refractivity contribution in [3.8, 4) is 0 Å². The first-order chi connectivity index (χ1) is 9.65. The summed E-state index contributed by atoms with van der Waals surface area (Å²) in [5.41, 5.74) is 11.8. The summed E-state index contributed by atoms with van der Waals surface area (Å²) in [7, 11) is 0. The standard InChI is InChI=1S/C12H20N6OS/c13-8-1-4-18(7-8)11(19)9-10(14)16-12(20-9)17-5-2-15-3-6-17/h8,15H,1-7,13-14H2. The maximum Gasteiger partial charge on any atom is 0.267 e. The second kappa shape index (κ2) is 5.55. The van der Waals surface area contributed by atoms with E-state index in [1.165, 1.54) is 11.3 Å². The molecule has 2 aliphatic heterocycles. The number of hydrogen-bond donors (Lipinski definition) is 3. The van der Waals surface area contributed by atoms with Gasteiger partial charge in [-0.3, -0.25) is 4.79 Å². The van der Waals surface area contributed by atoms with Crippen LogP contribution in [-0.2, 0) is 0 Å². The Morgan fingerprint density at radius 2 is 2.10 bits per heavy atom. The number of piperazine rings is 1. The van der Waals surface area contributed by atoms with Gasteiger partial charge in [0, 0.05) is 45.3 Å². The van der Waals surface area contributed by atoms with Crippen LogP contribution in [0.25, 0.3) is 0 Å². The third-order valence-electron chi connectivity index (χ3n) is 3.74. The van der Waals surface area contributed by atoms with E-state index in [-0.39, 0.29) is 11.9 Å². The number of hydrogen-bond acceptors (Lipinski definition) is 7. The van der Waals surface area contributed by atoms with Crippen molar-refractivity contribution in [2.24, 2.45) is 5.73 Å². The molecule has 0 saturated carbocycles. The smallest absolute Gasteiger partial charge is 0.267 e. The van der Waals surface area contributed by atoms with Crippen molar-refractivity contribution in [3.63, 3.8) is 0 Å². The van der Waals surface area contributed by atoms with Crippen molar-refractivity contribution < 1.29 is 4.79 Å². The Labute approximate surface area is 121 Å². The molecule has 5 N–H and O–H groups in total. The SMILES string of the molecule is Nc1nc(N2CCNCC2)sc1C(=O)N1CCC(N)C1. The first-order valence-corrected chi connectivity index (χ1v) is 7.73. The highest BCUT2D eigenvalue weighted by molar-refractivity contribution is 7.18. The summed E-state index contributed by atoms with van der Waals surface area (Å²) in [6, 6.07) is 0.0840. The summed E-state index contributed by atoms with van der Waals surface area (Å²) in [5.74, 6) is 0.309. The minimum absolute atomic E-state index is 0.0330. The molecule has 1 unspecified atom stereocenters. The Bertz CT molecular complexity index is 498. The second-order valence-corrected chi connectivity index (χ2v) is 6.23. The van der Waals surface area contributed by atoms with E-state index in [0.29, 0.717) is 23.8 Å². The Morgan fingerprint density at radius 3 is 2.75 bits per heavy atom. The second-order valence-electron chi connectivity index (χ2n) is 5.25. The molecule has 1 aromatic rings. The number of nitrogens with two attached hydrogens (primary N) is 2. The molecule has 0 bridgehead atoms. The summed E-state index contributed by atoms with van der Waals surface area (Å²) >= 11 is 1.39. The molecule has 0 aromatic carbocycles. The van der Waals surface area contributed by atoms with Gasteiger partial charge in [-0.1, -0.05) is 11.3 Å². The van der Waals surface area contributed by atoms with Gasteiger partial charge in [-0.05, 0) is 6.42 Å². The lowest BCUT2D eigenvalue weighted by molar-refractivity contribution is 0.0796. The summed E-state index contributed by atoms with van der Waals surface area (Å²) < 4.78 is 0. The normalized spacial score (nSPS) is 23.4. The molecule has 20 heavy (non-hydrogen) atoms. The van der Waals surface area contributed by atoms with Gasteiger partial charge in [-0.2, -0.15) is 0 Å². The van der Waals surface area contributed by atoms with E-state index in [1.807, 2.05) is 0 Å². The molecule has 1 atom stereocenters. The van der Waals surface area contributed by atoms with Gasteiger partial charge in [-0.25, -0.2) is 4.98 Å². The van der Waals surface area contributed by atoms with E-state index >= 15 is 0 Å². The van der Waals surface area contributed by atoms with Crippen LogP contribution in [0, 0.1) is 0 Å². The van der Waals surface area contributed by atoms with Gasteiger partial charge in [0.15, 0.2) is 5.13 Å². The highest BCUT2D eigenvalue weighted by Gasteiger charge is 2.28. The van der Waals surface area contributed by atoms with Crippen LogP contribution in [0.15, 0.2) is 0 Å². The van der Waals surface area contributed by atoms with Gasteiger partial charge in [0.25, 0.3) is 5.91 Å². The van der Waals surface area contributed by atoms with E-state index in [1.54, 1.807) is 4.90 Å². The molecular formula is C12H20N6OS. The molecule has 3 heterocycles. The average Bonchev–Trinajstić information content (AvgIpc) is 3.05. The summed E-state index contributed by atoms with van der Waals surface area (Å²) in [6.07, 6.45) is 0.856. The third kappa shape index (κ3) is 2.58. The fraction of sp³-hybridized carbons (Fsp3) is 0.667. The number of amides is 1. The van der Waals surface area contributed by atoms with Crippen LogP contribution in [0.4, 0.5) is 10.9 Å². The van der Waals surface area contributed by atoms with E-state index in [4.69, 9.17) is 11.5 Å². The van der Waals surface area contributed by atoms with Gasteiger partial charge < -0.3 is 26.6 Å². The molecule has 0 aliphatic carbocycles. The van der Waals surface area contributed by atoms with Crippen molar-refractivity contribution in [1.29, 1.82) is 0 Å². The van der Waals surface area contributed by atoms with Crippen molar-refractivity contribution in [3.05, 3.63) is 4.88 Å². The van der Waals surface area contributed by atoms with Crippen LogP contribution < -0.4 is 21.7 Å². The Hall–Kier alpha value is -1.38. The minimum Gasteiger partial charge on any atom is -0.382 e. The molecular weight excluding hydrogens is 276 g/mol. The zero-order valence-corrected chi connectivity index (χ0v) is 12.2. The lowest BCUT2D eigenvalue weighted by Gasteiger charge is -2.26. The van der Waals surface area contributed by atoms with Crippen LogP contribution in [0.2, 0.25) is 0 Å². The highest BCUT2D eigenvalue weighted by atomic mass is 32.1. The Kier molecular flexibility index (Phi) is 3.77. The lowest BCUT2D eigenvalue weighted by atomic mass is 10.3. The topological polar surface area (TPSA) is 101 Å². The summed E-state index contributed by atoms with van der Waals surface area (Å²) in [5, 5.41) is 4.14. The predicted molar refractivity (Wildman–Crippen MR) is 80.1 cm³/mol. The summed E-state index contributed by atoms with van der Waals surface area (Å²) in [6.45, 7) is 4.98. The maximum absolute atomic E-state index is 12.4. The zero-order chi connectivity index (χ0) is 14.1. The quantitative estimate of drug-likeness (QED) is 0.668. The monoisotopic (exact) mass is 296 g/mol. The molecule has 8 heteroatoms. The first-order valence-electron chi connectivity index (χ1n) is 6.92. The molecule has 2 saturated heterocycles. The van der Waals surface area contributed by atoms with Gasteiger partial charge in [0.2, 0.25) is 0 Å². The van der Waals surface area contributed by atoms with Crippen molar-refractivity contribution >= 4 is 28.2 Å². The van der Waals surface area contributed by atoms with Crippen molar-refractivity contribution in [2.75, 3.05) is 49.9 Å². The van der Waals surface area contributed by atoms with Gasteiger partial charge in [-0.15, -0.1) is 0 Å². The molecule has 1 amide bonds. The molecule has 0 radical (unpaired) electrons. The largest absolute Gasteiger partial charge is 0.382 e. The number of nitrogen functional groups attached to an aromatic ring is 1. The molecule has 2 fully saturated rings. The average molecular weight is 296 g/mol. The lowest BCUT2D eigenvalue weighted by Crippen LogP contribution is -2.43. The summed E-state index contributed by atoms with van der Waals surface area (Å²) in [4.78, 5) is 21.3. The maximum atomic E-state index is 12.4. The number of carbonyl (C=O) groups is 1. The number of nitrogens with one attached hydrogen (secondary N) is 1. The van der Waals surface area contributed by atoms with E-state index in [0.717, 1.165) is 37.7 Å². The van der Waals surface area contributed by atoms with E-state index in [9.17, 15) is 4.79 Å². The number of aromatic nitrogens is 1. The van der Waals surface area contributed by atoms with Crippen molar-refractivity contribution in [2.45, 2.75) is 12.5 Å². The zero-order valence-electron chi connectivity index (χ0n) is 11.3. The Balaban J connectivity index is 1.76. The highest BCUT2D eigenvalue weighted by Crippen LogP contribution is 2.30.